The smallest absolute Gasteiger partial charge is 0.287 e. The van der Waals surface area contributed by atoms with Crippen LogP contribution in [0.1, 0.15) is 54.2 Å². The van der Waals surface area contributed by atoms with Gasteiger partial charge in [0.15, 0.2) is 5.69 Å². The summed E-state index contributed by atoms with van der Waals surface area (Å²) in [6, 6.07) is 5.53. The predicted molar refractivity (Wildman–Crippen MR) is 87.5 cm³/mol. The normalized spacial score (nSPS) is 15.2. The molecule has 1 saturated heterocycles. The van der Waals surface area contributed by atoms with Crippen LogP contribution in [0.5, 0.6) is 0 Å². The minimum absolute atomic E-state index is 0.0137. The first-order valence-electron chi connectivity index (χ1n) is 8.15. The molecule has 0 aromatic carbocycles. The van der Waals surface area contributed by atoms with E-state index in [9.17, 15) is 9.59 Å². The first-order chi connectivity index (χ1) is 11.1. The highest BCUT2D eigenvalue weighted by molar-refractivity contribution is 6.02. The number of fused-ring (bicyclic) bond motifs is 1. The van der Waals surface area contributed by atoms with Crippen LogP contribution in [-0.4, -0.2) is 45.2 Å². The van der Waals surface area contributed by atoms with Gasteiger partial charge in [-0.1, -0.05) is 6.07 Å². The van der Waals surface area contributed by atoms with Crippen molar-refractivity contribution < 1.29 is 9.59 Å². The number of carbonyl (C=O) groups is 2. The van der Waals surface area contributed by atoms with Gasteiger partial charge in [-0.05, 0) is 45.2 Å². The number of nitrogens with zero attached hydrogens (tertiary/aromatic N) is 3. The third-order valence-corrected chi connectivity index (χ3v) is 4.02. The summed E-state index contributed by atoms with van der Waals surface area (Å²) in [4.78, 5) is 31.4. The van der Waals surface area contributed by atoms with Crippen molar-refractivity contribution in [2.45, 2.75) is 39.2 Å². The third kappa shape index (κ3) is 3.06. The van der Waals surface area contributed by atoms with Crippen molar-refractivity contribution >= 4 is 17.3 Å². The number of rotatable bonds is 3. The quantitative estimate of drug-likeness (QED) is 0.943. The van der Waals surface area contributed by atoms with E-state index in [2.05, 4.69) is 10.3 Å². The van der Waals surface area contributed by atoms with Gasteiger partial charge >= 0.3 is 0 Å². The molecular formula is C17H22N4O2. The Labute approximate surface area is 135 Å². The highest BCUT2D eigenvalue weighted by Crippen LogP contribution is 2.18. The molecule has 0 spiro atoms. The van der Waals surface area contributed by atoms with Gasteiger partial charge in [0, 0.05) is 25.3 Å². The number of pyridine rings is 1. The lowest BCUT2D eigenvalue weighted by molar-refractivity contribution is 0.0721. The summed E-state index contributed by atoms with van der Waals surface area (Å²) >= 11 is 0. The van der Waals surface area contributed by atoms with Crippen molar-refractivity contribution in [3.63, 3.8) is 0 Å². The summed E-state index contributed by atoms with van der Waals surface area (Å²) in [5, 5.41) is 2.84. The van der Waals surface area contributed by atoms with Gasteiger partial charge in [0.05, 0.1) is 5.52 Å². The Balaban J connectivity index is 2.00. The van der Waals surface area contributed by atoms with E-state index in [1.807, 2.05) is 36.9 Å². The molecule has 6 nitrogen and oxygen atoms in total. The molecule has 0 aliphatic carbocycles. The number of hydrogen-bond donors (Lipinski definition) is 1. The number of imidazole rings is 1. The largest absolute Gasteiger partial charge is 0.347 e. The summed E-state index contributed by atoms with van der Waals surface area (Å²) in [6.07, 6.45) is 4.98. The van der Waals surface area contributed by atoms with Gasteiger partial charge in [-0.15, -0.1) is 0 Å². The van der Waals surface area contributed by atoms with E-state index >= 15 is 0 Å². The Morgan fingerprint density at radius 2 is 1.91 bits per heavy atom. The van der Waals surface area contributed by atoms with Crippen LogP contribution in [0.3, 0.4) is 0 Å². The van der Waals surface area contributed by atoms with E-state index in [0.717, 1.165) is 32.4 Å². The maximum atomic E-state index is 12.8. The SMILES string of the molecule is CC(C)NC(=O)c1nc(C(=O)N2CCCCC2)c2ccccn12. The van der Waals surface area contributed by atoms with E-state index in [1.165, 1.54) is 0 Å². The zero-order valence-electron chi connectivity index (χ0n) is 13.6. The van der Waals surface area contributed by atoms with Crippen molar-refractivity contribution in [1.82, 2.24) is 19.6 Å². The molecule has 3 rings (SSSR count). The van der Waals surface area contributed by atoms with E-state index in [4.69, 9.17) is 0 Å². The van der Waals surface area contributed by atoms with Crippen molar-refractivity contribution in [3.8, 4) is 0 Å². The van der Waals surface area contributed by atoms with Gasteiger partial charge in [0.1, 0.15) is 0 Å². The van der Waals surface area contributed by atoms with Crippen molar-refractivity contribution in [1.29, 1.82) is 0 Å². The zero-order chi connectivity index (χ0) is 16.4. The van der Waals surface area contributed by atoms with Crippen LogP contribution in [0.2, 0.25) is 0 Å². The molecule has 1 aliphatic heterocycles. The molecule has 2 amide bonds. The van der Waals surface area contributed by atoms with E-state index in [1.54, 1.807) is 10.6 Å². The average molecular weight is 314 g/mol. The summed E-state index contributed by atoms with van der Waals surface area (Å²) in [5.41, 5.74) is 1.04. The molecular weight excluding hydrogens is 292 g/mol. The average Bonchev–Trinajstić information content (AvgIpc) is 2.94. The second-order valence-electron chi connectivity index (χ2n) is 6.22. The van der Waals surface area contributed by atoms with Gasteiger partial charge in [-0.25, -0.2) is 4.98 Å². The molecule has 23 heavy (non-hydrogen) atoms. The standard InChI is InChI=1S/C17H22N4O2/c1-12(2)18-16(22)15-19-14(13-8-4-7-11-21(13)15)17(23)20-9-5-3-6-10-20/h4,7-8,11-12H,3,5-6,9-10H2,1-2H3,(H,18,22). The van der Waals surface area contributed by atoms with Crippen LogP contribution < -0.4 is 5.32 Å². The molecule has 2 aromatic heterocycles. The van der Waals surface area contributed by atoms with Gasteiger partial charge < -0.3 is 10.2 Å². The Kier molecular flexibility index (Phi) is 4.32. The fourth-order valence-corrected chi connectivity index (χ4v) is 2.93. The fraction of sp³-hybridized carbons (Fsp3) is 0.471. The Bertz CT molecular complexity index is 729. The lowest BCUT2D eigenvalue weighted by atomic mass is 10.1. The number of likely N-dealkylation sites (tertiary alicyclic amines) is 1. The summed E-state index contributed by atoms with van der Waals surface area (Å²) in [6.45, 7) is 5.32. The Morgan fingerprint density at radius 1 is 1.17 bits per heavy atom. The first-order valence-corrected chi connectivity index (χ1v) is 8.15. The molecule has 0 bridgehead atoms. The number of aromatic nitrogens is 2. The zero-order valence-corrected chi connectivity index (χ0v) is 13.6. The minimum Gasteiger partial charge on any atom is -0.347 e. The van der Waals surface area contributed by atoms with Crippen LogP contribution in [0.4, 0.5) is 0 Å². The molecule has 2 aromatic rings. The monoisotopic (exact) mass is 314 g/mol. The molecule has 6 heteroatoms. The topological polar surface area (TPSA) is 66.7 Å². The lowest BCUT2D eigenvalue weighted by Gasteiger charge is -2.25. The second-order valence-corrected chi connectivity index (χ2v) is 6.22. The van der Waals surface area contributed by atoms with E-state index in [0.29, 0.717) is 11.2 Å². The van der Waals surface area contributed by atoms with Crippen molar-refractivity contribution in [2.75, 3.05) is 13.1 Å². The van der Waals surface area contributed by atoms with Crippen LogP contribution in [-0.2, 0) is 0 Å². The van der Waals surface area contributed by atoms with E-state index in [-0.39, 0.29) is 23.7 Å². The molecule has 0 saturated carbocycles. The van der Waals surface area contributed by atoms with Crippen LogP contribution in [0.25, 0.3) is 5.52 Å². The molecule has 1 fully saturated rings. The van der Waals surface area contributed by atoms with Crippen molar-refractivity contribution in [2.24, 2.45) is 0 Å². The van der Waals surface area contributed by atoms with Gasteiger partial charge in [-0.3, -0.25) is 14.0 Å². The Hall–Kier alpha value is -2.37. The molecule has 1 N–H and O–H groups in total. The molecule has 0 atom stereocenters. The number of amides is 2. The van der Waals surface area contributed by atoms with Gasteiger partial charge in [0.2, 0.25) is 5.82 Å². The molecule has 3 heterocycles. The predicted octanol–water partition coefficient (Wildman–Crippen LogP) is 2.10. The molecule has 1 aliphatic rings. The molecule has 122 valence electrons. The van der Waals surface area contributed by atoms with Crippen molar-refractivity contribution in [3.05, 3.63) is 35.9 Å². The summed E-state index contributed by atoms with van der Waals surface area (Å²) < 4.78 is 1.69. The highest BCUT2D eigenvalue weighted by Gasteiger charge is 2.26. The minimum atomic E-state index is -0.265. The molecule has 0 unspecified atom stereocenters. The van der Waals surface area contributed by atoms with Gasteiger partial charge in [0.25, 0.3) is 11.8 Å². The lowest BCUT2D eigenvalue weighted by Crippen LogP contribution is -2.36. The van der Waals surface area contributed by atoms with Crippen LogP contribution >= 0.6 is 0 Å². The van der Waals surface area contributed by atoms with E-state index < -0.39 is 0 Å². The number of piperidine rings is 1. The fourth-order valence-electron chi connectivity index (χ4n) is 2.93. The third-order valence-electron chi connectivity index (χ3n) is 4.02. The molecule has 0 radical (unpaired) electrons. The second kappa shape index (κ2) is 6.40. The highest BCUT2D eigenvalue weighted by atomic mass is 16.2. The summed E-state index contributed by atoms with van der Waals surface area (Å²) in [7, 11) is 0. The maximum absolute atomic E-state index is 12.8. The Morgan fingerprint density at radius 3 is 2.61 bits per heavy atom. The number of hydrogen-bond acceptors (Lipinski definition) is 3. The van der Waals surface area contributed by atoms with Crippen LogP contribution in [0, 0.1) is 0 Å². The maximum Gasteiger partial charge on any atom is 0.287 e. The van der Waals surface area contributed by atoms with Gasteiger partial charge in [-0.2, -0.15) is 0 Å². The number of carbonyl (C=O) groups excluding carboxylic acids is 2. The summed E-state index contributed by atoms with van der Waals surface area (Å²) in [5.74, 6) is -0.0921. The van der Waals surface area contributed by atoms with Crippen LogP contribution in [0.15, 0.2) is 24.4 Å². The first kappa shape index (κ1) is 15.5. The number of nitrogens with one attached hydrogen (secondary N) is 1.